The molecule has 1 N–H and O–H groups in total. The molecule has 3 rings (SSSR count). The third kappa shape index (κ3) is 2.32. The number of hydrogen-bond donors (Lipinski definition) is 1. The van der Waals surface area contributed by atoms with Crippen LogP contribution in [0.3, 0.4) is 0 Å². The second-order valence-electron chi connectivity index (χ2n) is 4.19. The molecule has 2 aliphatic rings. The maximum absolute atomic E-state index is 12.0. The van der Waals surface area contributed by atoms with Crippen molar-refractivity contribution >= 4 is 49.9 Å². The predicted octanol–water partition coefficient (Wildman–Crippen LogP) is 0.901. The van der Waals surface area contributed by atoms with Gasteiger partial charge in [0.1, 0.15) is 11.6 Å². The van der Waals surface area contributed by atoms with Gasteiger partial charge in [-0.2, -0.15) is 9.39 Å². The fraction of sp³-hybridized carbons (Fsp3) is 0.0909. The zero-order valence-electron chi connectivity index (χ0n) is 10.6. The van der Waals surface area contributed by atoms with E-state index in [1.807, 2.05) is 0 Å². The van der Waals surface area contributed by atoms with Gasteiger partial charge in [-0.25, -0.2) is 13.3 Å². The number of amides is 1. The molecule has 0 unspecified atom stereocenters. The summed E-state index contributed by atoms with van der Waals surface area (Å²) in [5.41, 5.74) is -0.0625. The van der Waals surface area contributed by atoms with Gasteiger partial charge in [0.2, 0.25) is 20.2 Å². The van der Waals surface area contributed by atoms with Crippen molar-refractivity contribution in [1.29, 1.82) is 5.41 Å². The molecule has 0 fully saturated rings. The van der Waals surface area contributed by atoms with Crippen LogP contribution in [-0.4, -0.2) is 41.7 Å². The second-order valence-corrected chi connectivity index (χ2v) is 6.83. The molecule has 0 atom stereocenters. The summed E-state index contributed by atoms with van der Waals surface area (Å²) in [5, 5.41) is 7.82. The van der Waals surface area contributed by atoms with Crippen molar-refractivity contribution in [1.82, 2.24) is 4.90 Å². The fourth-order valence-corrected chi connectivity index (χ4v) is 3.60. The minimum atomic E-state index is -3.64. The molecule has 10 heteroatoms. The Balaban J connectivity index is 2.08. The molecule has 1 aromatic heterocycles. The van der Waals surface area contributed by atoms with E-state index in [1.165, 1.54) is 12.3 Å². The van der Waals surface area contributed by atoms with Gasteiger partial charge in [0.15, 0.2) is 0 Å². The topological polar surface area (TPSA) is 116 Å². The summed E-state index contributed by atoms with van der Waals surface area (Å²) in [5.74, 6) is -0.567. The van der Waals surface area contributed by atoms with Gasteiger partial charge in [-0.15, -0.1) is 0 Å². The monoisotopic (exact) mass is 324 g/mol. The van der Waals surface area contributed by atoms with Crippen LogP contribution in [0.2, 0.25) is 0 Å². The number of aliphatic imine (C=N–C) groups is 1. The summed E-state index contributed by atoms with van der Waals surface area (Å²) in [6.45, 7) is 0. The van der Waals surface area contributed by atoms with Crippen LogP contribution in [0.5, 0.6) is 0 Å². The minimum Gasteiger partial charge on any atom is -0.465 e. The molecule has 1 aromatic rings. The Morgan fingerprint density at radius 2 is 2.24 bits per heavy atom. The fourth-order valence-electron chi connectivity index (χ4n) is 1.75. The first-order chi connectivity index (χ1) is 9.88. The highest BCUT2D eigenvalue weighted by molar-refractivity contribution is 8.16. The van der Waals surface area contributed by atoms with Crippen LogP contribution in [0, 0.1) is 5.41 Å². The van der Waals surface area contributed by atoms with E-state index in [-0.39, 0.29) is 21.7 Å². The zero-order valence-corrected chi connectivity index (χ0v) is 12.2. The van der Waals surface area contributed by atoms with Crippen molar-refractivity contribution in [3.05, 3.63) is 29.7 Å². The highest BCUT2D eigenvalue weighted by atomic mass is 32.2. The van der Waals surface area contributed by atoms with Gasteiger partial charge in [0, 0.05) is 6.26 Å². The van der Waals surface area contributed by atoms with E-state index >= 15 is 0 Å². The molecule has 0 spiro atoms. The van der Waals surface area contributed by atoms with Gasteiger partial charge in [-0.05, 0) is 18.2 Å². The van der Waals surface area contributed by atoms with Crippen molar-refractivity contribution in [3.8, 4) is 0 Å². The summed E-state index contributed by atoms with van der Waals surface area (Å²) in [6, 6.07) is 3.24. The Kier molecular flexibility index (Phi) is 3.06. The maximum Gasteiger partial charge on any atom is 0.283 e. The van der Waals surface area contributed by atoms with Gasteiger partial charge in [0.25, 0.3) is 5.91 Å². The van der Waals surface area contributed by atoms with Crippen LogP contribution in [0.4, 0.5) is 0 Å². The highest BCUT2D eigenvalue weighted by Crippen LogP contribution is 2.29. The highest BCUT2D eigenvalue weighted by Gasteiger charge is 2.41. The number of furan rings is 1. The van der Waals surface area contributed by atoms with Crippen LogP contribution in [0.25, 0.3) is 6.08 Å². The van der Waals surface area contributed by atoms with Crippen LogP contribution < -0.4 is 0 Å². The number of carbonyl (C=O) groups is 1. The molecule has 0 radical (unpaired) electrons. The standard InChI is InChI=1S/C11H8N4O4S2/c1-21(17,18)11-14-20-10-13-9(16)7(8(12)15(10)11)5-6-3-2-4-19-6/h2-5,12H,1H3. The van der Waals surface area contributed by atoms with Crippen molar-refractivity contribution in [2.24, 2.45) is 9.39 Å². The zero-order chi connectivity index (χ0) is 15.2. The Bertz CT molecular complexity index is 834. The normalized spacial score (nSPS) is 20.6. The Morgan fingerprint density at radius 3 is 2.86 bits per heavy atom. The third-order valence-electron chi connectivity index (χ3n) is 2.66. The molecule has 1 amide bonds. The molecule has 0 aliphatic carbocycles. The molecule has 3 heterocycles. The van der Waals surface area contributed by atoms with Crippen LogP contribution in [-0.2, 0) is 14.6 Å². The van der Waals surface area contributed by atoms with Gasteiger partial charge in [-0.3, -0.25) is 10.2 Å². The lowest BCUT2D eigenvalue weighted by molar-refractivity contribution is -0.114. The van der Waals surface area contributed by atoms with Crippen LogP contribution >= 0.6 is 11.9 Å². The number of nitrogens with one attached hydrogen (secondary N) is 1. The van der Waals surface area contributed by atoms with Gasteiger partial charge < -0.3 is 4.42 Å². The number of carbonyl (C=O) groups excluding carboxylic acids is 1. The first-order valence-electron chi connectivity index (χ1n) is 5.60. The molecule has 0 saturated heterocycles. The number of fused-ring (bicyclic) bond motifs is 1. The maximum atomic E-state index is 12.0. The Hall–Kier alpha value is -2.20. The van der Waals surface area contributed by atoms with E-state index in [4.69, 9.17) is 9.83 Å². The number of rotatable bonds is 1. The smallest absolute Gasteiger partial charge is 0.283 e. The number of hydrogen-bond acceptors (Lipinski definition) is 7. The molecule has 8 nitrogen and oxygen atoms in total. The van der Waals surface area contributed by atoms with E-state index in [0.717, 1.165) is 23.1 Å². The second kappa shape index (κ2) is 4.67. The lowest BCUT2D eigenvalue weighted by Crippen LogP contribution is -2.45. The average Bonchev–Trinajstić information content (AvgIpc) is 3.01. The lowest BCUT2D eigenvalue weighted by atomic mass is 10.1. The summed E-state index contributed by atoms with van der Waals surface area (Å²) < 4.78 is 32.2. The summed E-state index contributed by atoms with van der Waals surface area (Å²) in [7, 11) is -3.64. The molecule has 0 saturated carbocycles. The molecular formula is C11H8N4O4S2. The molecule has 21 heavy (non-hydrogen) atoms. The van der Waals surface area contributed by atoms with E-state index in [9.17, 15) is 13.2 Å². The molecule has 0 bridgehead atoms. The Morgan fingerprint density at radius 1 is 1.48 bits per heavy atom. The third-order valence-corrected chi connectivity index (χ3v) is 4.41. The van der Waals surface area contributed by atoms with Gasteiger partial charge in [0.05, 0.1) is 23.8 Å². The lowest BCUT2D eigenvalue weighted by Gasteiger charge is -2.23. The molecule has 108 valence electrons. The summed E-state index contributed by atoms with van der Waals surface area (Å²) in [6.07, 6.45) is 3.75. The first kappa shape index (κ1) is 13.8. The molecule has 0 aromatic carbocycles. The van der Waals surface area contributed by atoms with Gasteiger partial charge >= 0.3 is 0 Å². The van der Waals surface area contributed by atoms with E-state index in [2.05, 4.69) is 9.39 Å². The first-order valence-corrected chi connectivity index (χ1v) is 8.27. The van der Waals surface area contributed by atoms with E-state index in [1.54, 1.807) is 12.1 Å². The average molecular weight is 324 g/mol. The molecular weight excluding hydrogens is 316 g/mol. The molecule has 2 aliphatic heterocycles. The van der Waals surface area contributed by atoms with Crippen molar-refractivity contribution in [2.75, 3.05) is 6.26 Å². The largest absolute Gasteiger partial charge is 0.465 e. The number of sulfone groups is 1. The number of nitrogens with zero attached hydrogens (tertiary/aromatic N) is 3. The van der Waals surface area contributed by atoms with Crippen molar-refractivity contribution < 1.29 is 17.6 Å². The van der Waals surface area contributed by atoms with Crippen molar-refractivity contribution in [3.63, 3.8) is 0 Å². The van der Waals surface area contributed by atoms with E-state index in [0.29, 0.717) is 5.76 Å². The Labute approximate surface area is 123 Å². The van der Waals surface area contributed by atoms with Gasteiger partial charge in [-0.1, -0.05) is 0 Å². The van der Waals surface area contributed by atoms with E-state index < -0.39 is 15.7 Å². The van der Waals surface area contributed by atoms with Crippen molar-refractivity contribution in [2.45, 2.75) is 0 Å². The number of amidine groups is 3. The minimum absolute atomic E-state index is 0.0574. The summed E-state index contributed by atoms with van der Waals surface area (Å²) in [4.78, 5) is 16.7. The predicted molar refractivity (Wildman–Crippen MR) is 78.6 cm³/mol. The summed E-state index contributed by atoms with van der Waals surface area (Å²) >= 11 is 0.751. The SMILES string of the molecule is CS(=O)(=O)C1=NSC2=NC(=O)C(=Cc3ccco3)C(=N)N21. The van der Waals surface area contributed by atoms with Crippen LogP contribution in [0.15, 0.2) is 37.8 Å². The van der Waals surface area contributed by atoms with Crippen LogP contribution in [0.1, 0.15) is 5.76 Å². The quantitative estimate of drug-likeness (QED) is 0.606.